The zero-order valence-corrected chi connectivity index (χ0v) is 13.6. The standard InChI is InChI=1S/C18H17N3OS/c1-12-4-5-15-16(9-20-17(15)7-12)18(22)13-10-21(23-11-13)14-3-2-6-19-8-14/h2-9,13,20H,10-11H2,1H3. The van der Waals surface area contributed by atoms with E-state index in [2.05, 4.69) is 33.3 Å². The van der Waals surface area contributed by atoms with E-state index in [-0.39, 0.29) is 11.7 Å². The summed E-state index contributed by atoms with van der Waals surface area (Å²) < 4.78 is 2.16. The van der Waals surface area contributed by atoms with Crippen LogP contribution in [0.3, 0.4) is 0 Å². The van der Waals surface area contributed by atoms with E-state index in [1.165, 1.54) is 5.56 Å². The van der Waals surface area contributed by atoms with E-state index in [0.29, 0.717) is 0 Å². The minimum absolute atomic E-state index is 0.0144. The van der Waals surface area contributed by atoms with Crippen molar-refractivity contribution >= 4 is 34.3 Å². The number of Topliss-reactive ketones (excluding diaryl/α,β-unsaturated/α-hetero) is 1. The van der Waals surface area contributed by atoms with Crippen LogP contribution in [0.15, 0.2) is 48.9 Å². The largest absolute Gasteiger partial charge is 0.360 e. The van der Waals surface area contributed by atoms with Gasteiger partial charge in [-0.3, -0.25) is 9.78 Å². The summed E-state index contributed by atoms with van der Waals surface area (Å²) in [6, 6.07) is 10.1. The number of anilines is 1. The van der Waals surface area contributed by atoms with Crippen molar-refractivity contribution in [3.05, 3.63) is 60.0 Å². The molecule has 23 heavy (non-hydrogen) atoms. The van der Waals surface area contributed by atoms with E-state index in [1.54, 1.807) is 18.1 Å². The van der Waals surface area contributed by atoms with Crippen LogP contribution in [0.4, 0.5) is 5.69 Å². The van der Waals surface area contributed by atoms with Crippen molar-refractivity contribution in [2.24, 2.45) is 5.92 Å². The lowest BCUT2D eigenvalue weighted by atomic mass is 9.98. The quantitative estimate of drug-likeness (QED) is 0.588. The summed E-state index contributed by atoms with van der Waals surface area (Å²) in [5.74, 6) is 1.05. The molecule has 0 spiro atoms. The summed E-state index contributed by atoms with van der Waals surface area (Å²) in [6.07, 6.45) is 5.46. The van der Waals surface area contributed by atoms with Gasteiger partial charge in [0, 0.05) is 41.2 Å². The lowest BCUT2D eigenvalue weighted by Gasteiger charge is -2.15. The molecule has 4 nitrogen and oxygen atoms in total. The number of hydrogen-bond donors (Lipinski definition) is 1. The molecule has 4 rings (SSSR count). The molecule has 1 aliphatic rings. The van der Waals surface area contributed by atoms with E-state index >= 15 is 0 Å². The molecule has 0 saturated carbocycles. The molecule has 3 aromatic rings. The number of nitrogens with zero attached hydrogens (tertiary/aromatic N) is 2. The van der Waals surface area contributed by atoms with Crippen molar-refractivity contribution in [2.45, 2.75) is 6.92 Å². The van der Waals surface area contributed by atoms with Crippen molar-refractivity contribution in [1.82, 2.24) is 9.97 Å². The summed E-state index contributed by atoms with van der Waals surface area (Å²) in [4.78, 5) is 20.3. The Kier molecular flexibility index (Phi) is 3.58. The zero-order valence-electron chi connectivity index (χ0n) is 12.8. The highest BCUT2D eigenvalue weighted by atomic mass is 32.2. The number of rotatable bonds is 3. The molecule has 1 saturated heterocycles. The maximum Gasteiger partial charge on any atom is 0.170 e. The molecule has 1 fully saturated rings. The number of nitrogens with one attached hydrogen (secondary N) is 1. The zero-order chi connectivity index (χ0) is 15.8. The number of aryl methyl sites for hydroxylation is 1. The maximum absolute atomic E-state index is 12.9. The van der Waals surface area contributed by atoms with Crippen LogP contribution < -0.4 is 4.31 Å². The number of H-pyrrole nitrogens is 1. The van der Waals surface area contributed by atoms with E-state index < -0.39 is 0 Å². The van der Waals surface area contributed by atoms with Crippen LogP contribution in [-0.2, 0) is 0 Å². The Morgan fingerprint density at radius 2 is 2.30 bits per heavy atom. The number of benzene rings is 1. The highest BCUT2D eigenvalue weighted by molar-refractivity contribution is 8.00. The molecule has 0 bridgehead atoms. The summed E-state index contributed by atoms with van der Waals surface area (Å²) in [5, 5.41) is 1.02. The minimum Gasteiger partial charge on any atom is -0.360 e. The molecular weight excluding hydrogens is 306 g/mol. The second kappa shape index (κ2) is 5.74. The van der Waals surface area contributed by atoms with Gasteiger partial charge in [0.25, 0.3) is 0 Å². The molecule has 2 aromatic heterocycles. The number of carbonyl (C=O) groups excluding carboxylic acids is 1. The van der Waals surface area contributed by atoms with Crippen LogP contribution in [0.25, 0.3) is 10.9 Å². The summed E-state index contributed by atoms with van der Waals surface area (Å²) >= 11 is 1.70. The first kappa shape index (κ1) is 14.3. The average molecular weight is 323 g/mol. The number of ketones is 1. The SMILES string of the molecule is Cc1ccc2c(C(=O)C3CSN(c4cccnc4)C3)c[nH]c2c1. The number of fused-ring (bicyclic) bond motifs is 1. The molecule has 1 aromatic carbocycles. The molecule has 116 valence electrons. The second-order valence-electron chi connectivity index (χ2n) is 5.88. The first-order valence-corrected chi connectivity index (χ1v) is 8.59. The van der Waals surface area contributed by atoms with Crippen molar-refractivity contribution in [3.63, 3.8) is 0 Å². The highest BCUT2D eigenvalue weighted by Crippen LogP contribution is 2.33. The molecule has 1 unspecified atom stereocenters. The van der Waals surface area contributed by atoms with E-state index in [9.17, 15) is 4.79 Å². The highest BCUT2D eigenvalue weighted by Gasteiger charge is 2.31. The molecule has 0 radical (unpaired) electrons. The molecule has 5 heteroatoms. The Bertz CT molecular complexity index is 859. The monoisotopic (exact) mass is 323 g/mol. The van der Waals surface area contributed by atoms with Gasteiger partial charge < -0.3 is 9.29 Å². The topological polar surface area (TPSA) is 49.0 Å². The van der Waals surface area contributed by atoms with Gasteiger partial charge in [-0.05, 0) is 42.6 Å². The van der Waals surface area contributed by atoms with Gasteiger partial charge in [-0.15, -0.1) is 0 Å². The van der Waals surface area contributed by atoms with Crippen molar-refractivity contribution in [2.75, 3.05) is 16.6 Å². The lowest BCUT2D eigenvalue weighted by Crippen LogP contribution is -2.21. The van der Waals surface area contributed by atoms with E-state index in [0.717, 1.165) is 34.5 Å². The Morgan fingerprint density at radius 1 is 1.39 bits per heavy atom. The third kappa shape index (κ3) is 2.61. The lowest BCUT2D eigenvalue weighted by molar-refractivity contribution is 0.0942. The second-order valence-corrected chi connectivity index (χ2v) is 6.91. The maximum atomic E-state index is 12.9. The third-order valence-corrected chi connectivity index (χ3v) is 5.45. The Labute approximate surface area is 139 Å². The van der Waals surface area contributed by atoms with Crippen LogP contribution in [-0.4, -0.2) is 28.0 Å². The van der Waals surface area contributed by atoms with Gasteiger partial charge in [0.15, 0.2) is 5.78 Å². The molecule has 1 aliphatic heterocycles. The minimum atomic E-state index is 0.0144. The van der Waals surface area contributed by atoms with E-state index in [1.807, 2.05) is 30.6 Å². The number of hydrogen-bond acceptors (Lipinski definition) is 4. The van der Waals surface area contributed by atoms with Gasteiger partial charge in [0.2, 0.25) is 0 Å². The first-order valence-electron chi connectivity index (χ1n) is 7.65. The van der Waals surface area contributed by atoms with Crippen molar-refractivity contribution in [3.8, 4) is 0 Å². The fraction of sp³-hybridized carbons (Fsp3) is 0.222. The predicted octanol–water partition coefficient (Wildman–Crippen LogP) is 3.84. The van der Waals surface area contributed by atoms with Gasteiger partial charge in [-0.2, -0.15) is 0 Å². The third-order valence-electron chi connectivity index (χ3n) is 4.23. The number of aromatic nitrogens is 2. The van der Waals surface area contributed by atoms with Gasteiger partial charge in [-0.25, -0.2) is 0 Å². The Morgan fingerprint density at radius 3 is 3.13 bits per heavy atom. The smallest absolute Gasteiger partial charge is 0.170 e. The van der Waals surface area contributed by atoms with Crippen LogP contribution in [0.2, 0.25) is 0 Å². The Balaban J connectivity index is 1.57. The predicted molar refractivity (Wildman–Crippen MR) is 94.9 cm³/mol. The van der Waals surface area contributed by atoms with Crippen molar-refractivity contribution in [1.29, 1.82) is 0 Å². The molecule has 3 heterocycles. The fourth-order valence-corrected chi connectivity index (χ4v) is 4.15. The van der Waals surface area contributed by atoms with Crippen LogP contribution >= 0.6 is 11.9 Å². The number of aromatic amines is 1. The molecule has 0 aliphatic carbocycles. The first-order chi connectivity index (χ1) is 11.2. The normalized spacial score (nSPS) is 17.8. The summed E-state index contributed by atoms with van der Waals surface area (Å²) in [5.41, 5.74) is 4.08. The van der Waals surface area contributed by atoms with Gasteiger partial charge in [-0.1, -0.05) is 12.1 Å². The number of pyridine rings is 1. The van der Waals surface area contributed by atoms with Gasteiger partial charge in [0.1, 0.15) is 0 Å². The average Bonchev–Trinajstić information content (AvgIpc) is 3.22. The molecule has 0 amide bonds. The van der Waals surface area contributed by atoms with Crippen LogP contribution in [0.5, 0.6) is 0 Å². The summed E-state index contributed by atoms with van der Waals surface area (Å²) in [6.45, 7) is 2.79. The molecule has 1 N–H and O–H groups in total. The summed E-state index contributed by atoms with van der Waals surface area (Å²) in [7, 11) is 0. The van der Waals surface area contributed by atoms with E-state index in [4.69, 9.17) is 0 Å². The molecule has 1 atom stereocenters. The Hall–Kier alpha value is -2.27. The van der Waals surface area contributed by atoms with Gasteiger partial charge in [0.05, 0.1) is 17.8 Å². The number of carbonyl (C=O) groups is 1. The fourth-order valence-electron chi connectivity index (χ4n) is 2.99. The van der Waals surface area contributed by atoms with Gasteiger partial charge >= 0.3 is 0 Å². The van der Waals surface area contributed by atoms with Crippen LogP contribution in [0, 0.1) is 12.8 Å². The van der Waals surface area contributed by atoms with Crippen LogP contribution in [0.1, 0.15) is 15.9 Å². The molecular formula is C18H17N3OS. The van der Waals surface area contributed by atoms with Crippen molar-refractivity contribution < 1.29 is 4.79 Å².